The molecule has 0 aromatic heterocycles. The Hall–Kier alpha value is -2.64. The maximum absolute atomic E-state index is 12.3. The Kier molecular flexibility index (Phi) is 6.11. The highest BCUT2D eigenvalue weighted by atomic mass is 16.1. The number of nitrogens with one attached hydrogen (secondary N) is 1. The first kappa shape index (κ1) is 17.7. The molecule has 0 aliphatic heterocycles. The van der Waals surface area contributed by atoms with Gasteiger partial charge in [-0.25, -0.2) is 0 Å². The van der Waals surface area contributed by atoms with E-state index < -0.39 is 0 Å². The van der Waals surface area contributed by atoms with Gasteiger partial charge in [-0.2, -0.15) is 5.26 Å². The summed E-state index contributed by atoms with van der Waals surface area (Å²) in [4.78, 5) is 14.4. The molecule has 2 aromatic carbocycles. The van der Waals surface area contributed by atoms with Crippen LogP contribution in [0.2, 0.25) is 0 Å². The van der Waals surface area contributed by atoms with Crippen LogP contribution in [0.5, 0.6) is 0 Å². The maximum Gasteiger partial charge on any atom is 0.251 e. The summed E-state index contributed by atoms with van der Waals surface area (Å²) in [5.74, 6) is -0.163. The standard InChI is InChI=1S/C20H23N3O/c1-4-15-8-10-17(11-9-15)19(23(2)3)14-22-20(24)18-7-5-6-16(12-18)13-21/h5-12,19H,4,14H2,1-3H3,(H,22,24). The minimum Gasteiger partial charge on any atom is -0.350 e. The molecule has 0 heterocycles. The summed E-state index contributed by atoms with van der Waals surface area (Å²) in [5.41, 5.74) is 3.46. The second kappa shape index (κ2) is 8.28. The molecule has 0 bridgehead atoms. The van der Waals surface area contributed by atoms with Crippen LogP contribution in [-0.2, 0) is 6.42 Å². The lowest BCUT2D eigenvalue weighted by Gasteiger charge is -2.25. The van der Waals surface area contributed by atoms with Crippen molar-refractivity contribution in [3.63, 3.8) is 0 Å². The van der Waals surface area contributed by atoms with Crippen molar-refractivity contribution in [1.29, 1.82) is 5.26 Å². The highest BCUT2D eigenvalue weighted by Crippen LogP contribution is 2.18. The minimum atomic E-state index is -0.163. The second-order valence-corrected chi connectivity index (χ2v) is 5.98. The van der Waals surface area contributed by atoms with Crippen LogP contribution >= 0.6 is 0 Å². The summed E-state index contributed by atoms with van der Waals surface area (Å²) >= 11 is 0. The van der Waals surface area contributed by atoms with Crippen LogP contribution in [-0.4, -0.2) is 31.4 Å². The van der Waals surface area contributed by atoms with Gasteiger partial charge in [0.15, 0.2) is 0 Å². The molecule has 24 heavy (non-hydrogen) atoms. The smallest absolute Gasteiger partial charge is 0.251 e. The molecule has 1 amide bonds. The quantitative estimate of drug-likeness (QED) is 0.889. The fraction of sp³-hybridized carbons (Fsp3) is 0.300. The van der Waals surface area contributed by atoms with E-state index in [9.17, 15) is 4.79 Å². The van der Waals surface area contributed by atoms with Crippen molar-refractivity contribution in [2.75, 3.05) is 20.6 Å². The fourth-order valence-corrected chi connectivity index (χ4v) is 2.60. The molecule has 0 aliphatic carbocycles. The minimum absolute atomic E-state index is 0.0963. The van der Waals surface area contributed by atoms with Gasteiger partial charge in [-0.05, 0) is 49.8 Å². The zero-order valence-corrected chi connectivity index (χ0v) is 14.4. The number of hydrogen-bond acceptors (Lipinski definition) is 3. The van der Waals surface area contributed by atoms with Crippen LogP contribution in [0, 0.1) is 11.3 Å². The molecular formula is C20H23N3O. The highest BCUT2D eigenvalue weighted by Gasteiger charge is 2.16. The number of carbonyl (C=O) groups excluding carboxylic acids is 1. The third-order valence-corrected chi connectivity index (χ3v) is 4.11. The van der Waals surface area contributed by atoms with Gasteiger partial charge in [0.05, 0.1) is 17.7 Å². The molecular weight excluding hydrogens is 298 g/mol. The zero-order valence-electron chi connectivity index (χ0n) is 14.4. The van der Waals surface area contributed by atoms with Crippen LogP contribution < -0.4 is 5.32 Å². The van der Waals surface area contributed by atoms with Crippen molar-refractivity contribution >= 4 is 5.91 Å². The van der Waals surface area contributed by atoms with E-state index in [0.29, 0.717) is 17.7 Å². The van der Waals surface area contributed by atoms with Gasteiger partial charge in [0.1, 0.15) is 0 Å². The van der Waals surface area contributed by atoms with Gasteiger partial charge in [-0.1, -0.05) is 37.3 Å². The molecule has 0 saturated heterocycles. The van der Waals surface area contributed by atoms with E-state index in [2.05, 4.69) is 47.5 Å². The SMILES string of the molecule is CCc1ccc(C(CNC(=O)c2cccc(C#N)c2)N(C)C)cc1. The van der Waals surface area contributed by atoms with Gasteiger partial charge in [-0.15, -0.1) is 0 Å². The molecule has 124 valence electrons. The largest absolute Gasteiger partial charge is 0.350 e. The van der Waals surface area contributed by atoms with Crippen LogP contribution in [0.25, 0.3) is 0 Å². The molecule has 0 saturated carbocycles. The van der Waals surface area contributed by atoms with Gasteiger partial charge in [-0.3, -0.25) is 4.79 Å². The lowest BCUT2D eigenvalue weighted by Crippen LogP contribution is -2.34. The molecule has 0 fully saturated rings. The van der Waals surface area contributed by atoms with Crippen LogP contribution in [0.3, 0.4) is 0 Å². The first-order valence-corrected chi connectivity index (χ1v) is 8.08. The Morgan fingerprint density at radius 3 is 2.50 bits per heavy atom. The summed E-state index contributed by atoms with van der Waals surface area (Å²) < 4.78 is 0. The molecule has 1 N–H and O–H groups in total. The average Bonchev–Trinajstić information content (AvgIpc) is 2.62. The number of amides is 1. The summed E-state index contributed by atoms with van der Waals surface area (Å²) in [5, 5.41) is 11.9. The molecule has 4 nitrogen and oxygen atoms in total. The topological polar surface area (TPSA) is 56.1 Å². The Bertz CT molecular complexity index is 729. The highest BCUT2D eigenvalue weighted by molar-refractivity contribution is 5.94. The number of benzene rings is 2. The molecule has 0 aliphatic rings. The Morgan fingerprint density at radius 1 is 1.21 bits per heavy atom. The molecule has 1 unspecified atom stereocenters. The number of likely N-dealkylation sites (N-methyl/N-ethyl adjacent to an activating group) is 1. The van der Waals surface area contributed by atoms with Crippen LogP contribution in [0.1, 0.15) is 40.0 Å². The summed E-state index contributed by atoms with van der Waals surface area (Å²) in [6.07, 6.45) is 1.01. The van der Waals surface area contributed by atoms with Crippen LogP contribution in [0.15, 0.2) is 48.5 Å². The molecule has 0 radical (unpaired) electrons. The van der Waals surface area contributed by atoms with E-state index in [1.807, 2.05) is 14.1 Å². The number of hydrogen-bond donors (Lipinski definition) is 1. The Labute approximate surface area is 143 Å². The van der Waals surface area contributed by atoms with E-state index >= 15 is 0 Å². The number of rotatable bonds is 6. The molecule has 4 heteroatoms. The third kappa shape index (κ3) is 4.43. The first-order valence-electron chi connectivity index (χ1n) is 8.08. The van der Waals surface area contributed by atoms with Crippen molar-refractivity contribution in [3.8, 4) is 6.07 Å². The van der Waals surface area contributed by atoms with E-state index in [0.717, 1.165) is 6.42 Å². The molecule has 0 spiro atoms. The van der Waals surface area contributed by atoms with Gasteiger partial charge in [0, 0.05) is 12.1 Å². The van der Waals surface area contributed by atoms with E-state index in [4.69, 9.17) is 5.26 Å². The van der Waals surface area contributed by atoms with Gasteiger partial charge < -0.3 is 10.2 Å². The number of nitrogens with zero attached hydrogens (tertiary/aromatic N) is 2. The Morgan fingerprint density at radius 2 is 1.92 bits per heavy atom. The second-order valence-electron chi connectivity index (χ2n) is 5.98. The van der Waals surface area contributed by atoms with Crippen molar-refractivity contribution in [2.24, 2.45) is 0 Å². The lowest BCUT2D eigenvalue weighted by molar-refractivity contribution is 0.0942. The predicted octanol–water partition coefficient (Wildman–Crippen LogP) is 3.15. The average molecular weight is 321 g/mol. The summed E-state index contributed by atoms with van der Waals surface area (Å²) in [6, 6.07) is 17.4. The monoisotopic (exact) mass is 321 g/mol. The Balaban J connectivity index is 2.08. The van der Waals surface area contributed by atoms with Gasteiger partial charge in [0.2, 0.25) is 0 Å². The van der Waals surface area contributed by atoms with Crippen molar-refractivity contribution in [2.45, 2.75) is 19.4 Å². The van der Waals surface area contributed by atoms with Crippen molar-refractivity contribution in [3.05, 3.63) is 70.8 Å². The van der Waals surface area contributed by atoms with E-state index in [-0.39, 0.29) is 11.9 Å². The maximum atomic E-state index is 12.3. The summed E-state index contributed by atoms with van der Waals surface area (Å²) in [7, 11) is 4.00. The van der Waals surface area contributed by atoms with E-state index in [1.165, 1.54) is 11.1 Å². The molecule has 2 rings (SSSR count). The van der Waals surface area contributed by atoms with Crippen molar-refractivity contribution in [1.82, 2.24) is 10.2 Å². The molecule has 2 aromatic rings. The summed E-state index contributed by atoms with van der Waals surface area (Å²) in [6.45, 7) is 2.64. The zero-order chi connectivity index (χ0) is 17.5. The number of nitriles is 1. The third-order valence-electron chi connectivity index (χ3n) is 4.11. The van der Waals surface area contributed by atoms with Gasteiger partial charge >= 0.3 is 0 Å². The normalized spacial score (nSPS) is 11.8. The van der Waals surface area contributed by atoms with Crippen LogP contribution in [0.4, 0.5) is 0 Å². The fourth-order valence-electron chi connectivity index (χ4n) is 2.60. The molecule has 1 atom stereocenters. The number of carbonyl (C=O) groups is 1. The predicted molar refractivity (Wildman–Crippen MR) is 95.7 cm³/mol. The van der Waals surface area contributed by atoms with Crippen molar-refractivity contribution < 1.29 is 4.79 Å². The van der Waals surface area contributed by atoms with E-state index in [1.54, 1.807) is 24.3 Å². The first-order chi connectivity index (χ1) is 11.5. The van der Waals surface area contributed by atoms with Gasteiger partial charge in [0.25, 0.3) is 5.91 Å². The lowest BCUT2D eigenvalue weighted by atomic mass is 10.0. The number of aryl methyl sites for hydroxylation is 1.